The first-order valence-electron chi connectivity index (χ1n) is 5.43. The standard InChI is InChI=1S/C11H20O2S2/c1-4-11(2,3)10(12)13-7-9-8-14-5-6-15-9/h9H,4-8H2,1-3H3. The lowest BCUT2D eigenvalue weighted by atomic mass is 9.91. The Balaban J connectivity index is 2.26. The molecule has 0 aromatic carbocycles. The van der Waals surface area contributed by atoms with E-state index in [1.54, 1.807) is 0 Å². The molecule has 2 nitrogen and oxygen atoms in total. The van der Waals surface area contributed by atoms with Crippen LogP contribution in [0.4, 0.5) is 0 Å². The van der Waals surface area contributed by atoms with Crippen molar-refractivity contribution >= 4 is 29.5 Å². The minimum absolute atomic E-state index is 0.0545. The molecular formula is C11H20O2S2. The van der Waals surface area contributed by atoms with Crippen molar-refractivity contribution < 1.29 is 9.53 Å². The summed E-state index contributed by atoms with van der Waals surface area (Å²) in [4.78, 5) is 11.7. The van der Waals surface area contributed by atoms with Crippen LogP contribution in [0, 0.1) is 5.41 Å². The minimum Gasteiger partial charge on any atom is -0.464 e. The summed E-state index contributed by atoms with van der Waals surface area (Å²) in [7, 11) is 0. The van der Waals surface area contributed by atoms with Crippen molar-refractivity contribution in [1.29, 1.82) is 0 Å². The second kappa shape index (κ2) is 6.04. The SMILES string of the molecule is CCC(C)(C)C(=O)OCC1CSCCS1. The van der Waals surface area contributed by atoms with E-state index in [1.165, 1.54) is 11.5 Å². The first kappa shape index (κ1) is 13.2. The Morgan fingerprint density at radius 1 is 1.47 bits per heavy atom. The van der Waals surface area contributed by atoms with Crippen LogP contribution in [0.3, 0.4) is 0 Å². The van der Waals surface area contributed by atoms with Crippen LogP contribution in [0.1, 0.15) is 27.2 Å². The molecule has 1 fully saturated rings. The molecule has 1 heterocycles. The quantitative estimate of drug-likeness (QED) is 0.715. The summed E-state index contributed by atoms with van der Waals surface area (Å²) in [6.07, 6.45) is 0.832. The Bertz CT molecular complexity index is 211. The van der Waals surface area contributed by atoms with Gasteiger partial charge in [-0.25, -0.2) is 0 Å². The van der Waals surface area contributed by atoms with Gasteiger partial charge in [0, 0.05) is 22.5 Å². The molecule has 0 N–H and O–H groups in total. The number of thioether (sulfide) groups is 2. The van der Waals surface area contributed by atoms with E-state index >= 15 is 0 Å². The molecule has 0 aliphatic carbocycles. The number of hydrogen-bond donors (Lipinski definition) is 0. The van der Waals surface area contributed by atoms with Crippen LogP contribution >= 0.6 is 23.5 Å². The van der Waals surface area contributed by atoms with Gasteiger partial charge in [0.1, 0.15) is 6.61 Å². The Morgan fingerprint density at radius 2 is 2.20 bits per heavy atom. The van der Waals surface area contributed by atoms with E-state index in [2.05, 4.69) is 0 Å². The molecule has 4 heteroatoms. The van der Waals surface area contributed by atoms with Gasteiger partial charge in [0.05, 0.1) is 5.41 Å². The average molecular weight is 248 g/mol. The predicted octanol–water partition coefficient (Wildman–Crippen LogP) is 2.81. The van der Waals surface area contributed by atoms with Gasteiger partial charge in [-0.2, -0.15) is 23.5 Å². The molecule has 1 atom stereocenters. The lowest BCUT2D eigenvalue weighted by Crippen LogP contribution is -2.30. The molecule has 0 radical (unpaired) electrons. The van der Waals surface area contributed by atoms with Gasteiger partial charge in [0.2, 0.25) is 0 Å². The summed E-state index contributed by atoms with van der Waals surface area (Å²) in [5.41, 5.74) is -0.327. The largest absolute Gasteiger partial charge is 0.464 e. The van der Waals surface area contributed by atoms with Gasteiger partial charge in [-0.1, -0.05) is 6.92 Å². The summed E-state index contributed by atoms with van der Waals surface area (Å²) in [6, 6.07) is 0. The Morgan fingerprint density at radius 3 is 2.73 bits per heavy atom. The highest BCUT2D eigenvalue weighted by Gasteiger charge is 2.28. The van der Waals surface area contributed by atoms with E-state index in [0.717, 1.165) is 12.2 Å². The van der Waals surface area contributed by atoms with Crippen LogP contribution in [0.2, 0.25) is 0 Å². The zero-order valence-corrected chi connectivity index (χ0v) is 11.4. The maximum Gasteiger partial charge on any atom is 0.311 e. The van der Waals surface area contributed by atoms with Crippen molar-refractivity contribution in [3.63, 3.8) is 0 Å². The Kier molecular flexibility index (Phi) is 5.33. The van der Waals surface area contributed by atoms with Crippen molar-refractivity contribution in [2.75, 3.05) is 23.9 Å². The fourth-order valence-electron chi connectivity index (χ4n) is 1.14. The molecule has 0 aromatic heterocycles. The smallest absolute Gasteiger partial charge is 0.311 e. The van der Waals surface area contributed by atoms with Crippen molar-refractivity contribution in [1.82, 2.24) is 0 Å². The van der Waals surface area contributed by atoms with Gasteiger partial charge in [-0.3, -0.25) is 4.79 Å². The lowest BCUT2D eigenvalue weighted by Gasteiger charge is -2.24. The van der Waals surface area contributed by atoms with Crippen LogP contribution < -0.4 is 0 Å². The van der Waals surface area contributed by atoms with Gasteiger partial charge in [-0.15, -0.1) is 0 Å². The molecule has 88 valence electrons. The summed E-state index contributed by atoms with van der Waals surface area (Å²) >= 11 is 3.88. The van der Waals surface area contributed by atoms with Crippen molar-refractivity contribution in [2.45, 2.75) is 32.4 Å². The first-order valence-corrected chi connectivity index (χ1v) is 7.63. The van der Waals surface area contributed by atoms with Gasteiger partial charge in [0.15, 0.2) is 0 Å². The van der Waals surface area contributed by atoms with Gasteiger partial charge in [-0.05, 0) is 20.3 Å². The summed E-state index contributed by atoms with van der Waals surface area (Å²) in [6.45, 7) is 6.49. The van der Waals surface area contributed by atoms with Gasteiger partial charge >= 0.3 is 5.97 Å². The molecule has 0 spiro atoms. The van der Waals surface area contributed by atoms with Crippen LogP contribution in [-0.2, 0) is 9.53 Å². The molecule has 0 bridgehead atoms. The Labute approximate surface area is 101 Å². The highest BCUT2D eigenvalue weighted by molar-refractivity contribution is 8.06. The summed E-state index contributed by atoms with van der Waals surface area (Å²) in [5.74, 6) is 3.48. The third kappa shape index (κ3) is 4.27. The van der Waals surface area contributed by atoms with E-state index < -0.39 is 0 Å². The monoisotopic (exact) mass is 248 g/mol. The maximum atomic E-state index is 11.7. The van der Waals surface area contributed by atoms with Crippen molar-refractivity contribution in [2.24, 2.45) is 5.41 Å². The van der Waals surface area contributed by atoms with Crippen LogP contribution in [0.25, 0.3) is 0 Å². The fraction of sp³-hybridized carbons (Fsp3) is 0.909. The molecule has 1 rings (SSSR count). The van der Waals surface area contributed by atoms with Crippen LogP contribution in [-0.4, -0.2) is 35.1 Å². The molecule has 0 amide bonds. The first-order chi connectivity index (χ1) is 7.06. The number of hydrogen-bond acceptors (Lipinski definition) is 4. The third-order valence-electron chi connectivity index (χ3n) is 2.72. The van der Waals surface area contributed by atoms with E-state index in [4.69, 9.17) is 4.74 Å². The Hall–Kier alpha value is 0.170. The second-order valence-electron chi connectivity index (χ2n) is 4.40. The van der Waals surface area contributed by atoms with Crippen molar-refractivity contribution in [3.8, 4) is 0 Å². The summed E-state index contributed by atoms with van der Waals surface area (Å²) in [5, 5.41) is 0.500. The van der Waals surface area contributed by atoms with Crippen LogP contribution in [0.5, 0.6) is 0 Å². The minimum atomic E-state index is -0.327. The predicted molar refractivity (Wildman–Crippen MR) is 68.6 cm³/mol. The molecule has 1 saturated heterocycles. The van der Waals surface area contributed by atoms with E-state index in [9.17, 15) is 4.79 Å². The van der Waals surface area contributed by atoms with E-state index in [-0.39, 0.29) is 11.4 Å². The second-order valence-corrected chi connectivity index (χ2v) is 6.96. The topological polar surface area (TPSA) is 26.3 Å². The molecule has 0 aromatic rings. The molecule has 0 saturated carbocycles. The highest BCUT2D eigenvalue weighted by Crippen LogP contribution is 2.26. The molecule has 15 heavy (non-hydrogen) atoms. The molecule has 1 aliphatic rings. The van der Waals surface area contributed by atoms with Gasteiger partial charge in [0.25, 0.3) is 0 Å². The molecule has 1 aliphatic heterocycles. The maximum absolute atomic E-state index is 11.7. The normalized spacial score (nSPS) is 22.5. The number of carbonyl (C=O) groups excluding carboxylic acids is 1. The number of rotatable bonds is 4. The molecule has 1 unspecified atom stereocenters. The van der Waals surface area contributed by atoms with E-state index in [0.29, 0.717) is 11.9 Å². The zero-order chi connectivity index (χ0) is 11.3. The average Bonchev–Trinajstić information content (AvgIpc) is 2.27. The van der Waals surface area contributed by atoms with Crippen LogP contribution in [0.15, 0.2) is 0 Å². The lowest BCUT2D eigenvalue weighted by molar-refractivity contribution is -0.153. The number of carbonyl (C=O) groups is 1. The van der Waals surface area contributed by atoms with Crippen molar-refractivity contribution in [3.05, 3.63) is 0 Å². The molecular weight excluding hydrogens is 228 g/mol. The highest BCUT2D eigenvalue weighted by atomic mass is 32.2. The third-order valence-corrected chi connectivity index (χ3v) is 5.54. The zero-order valence-electron chi connectivity index (χ0n) is 9.75. The summed E-state index contributed by atoms with van der Waals surface area (Å²) < 4.78 is 5.36. The van der Waals surface area contributed by atoms with E-state index in [1.807, 2.05) is 44.3 Å². The number of esters is 1. The van der Waals surface area contributed by atoms with Gasteiger partial charge < -0.3 is 4.74 Å². The fourth-order valence-corrected chi connectivity index (χ4v) is 3.69. The number of ether oxygens (including phenoxy) is 1.